The Balaban J connectivity index is 2.14. The summed E-state index contributed by atoms with van der Waals surface area (Å²) >= 11 is 3.31. The van der Waals surface area contributed by atoms with Crippen LogP contribution in [0.1, 0.15) is 11.4 Å². The van der Waals surface area contributed by atoms with Crippen molar-refractivity contribution in [1.29, 1.82) is 0 Å². The molecular weight excluding hydrogens is 214 g/mol. The van der Waals surface area contributed by atoms with Crippen molar-refractivity contribution in [1.82, 2.24) is 4.98 Å². The summed E-state index contributed by atoms with van der Waals surface area (Å²) < 4.78 is 0. The highest BCUT2D eigenvalue weighted by molar-refractivity contribution is 7.14. The third-order valence-electron chi connectivity index (χ3n) is 1.80. The molecule has 0 radical (unpaired) electrons. The molecule has 2 aromatic heterocycles. The van der Waals surface area contributed by atoms with Gasteiger partial charge in [-0.25, -0.2) is 4.98 Å². The highest BCUT2D eigenvalue weighted by Crippen LogP contribution is 2.26. The molecule has 0 bridgehead atoms. The molecule has 14 heavy (non-hydrogen) atoms. The van der Waals surface area contributed by atoms with Gasteiger partial charge < -0.3 is 4.79 Å². The molecule has 2 heterocycles. The largest absolute Gasteiger partial charge is 0.303 e. The standard InChI is InChI=1S/C10H9NOS2/c12-5-1-4-10-11-8(7-14-10)9-3-2-6-13-9/h2-3,5-7H,1,4H2. The number of aryl methyl sites for hydroxylation is 1. The van der Waals surface area contributed by atoms with E-state index >= 15 is 0 Å². The number of thiazole rings is 1. The quantitative estimate of drug-likeness (QED) is 0.746. The first-order valence-corrected chi connectivity index (χ1v) is 6.08. The first kappa shape index (κ1) is 9.55. The average Bonchev–Trinajstić information content (AvgIpc) is 2.85. The molecule has 0 atom stereocenters. The van der Waals surface area contributed by atoms with Crippen molar-refractivity contribution in [2.45, 2.75) is 12.8 Å². The van der Waals surface area contributed by atoms with E-state index in [1.54, 1.807) is 22.7 Å². The lowest BCUT2D eigenvalue weighted by Crippen LogP contribution is -1.84. The number of aldehydes is 1. The molecule has 0 aromatic carbocycles. The van der Waals surface area contributed by atoms with Crippen LogP contribution in [-0.2, 0) is 11.2 Å². The third-order valence-corrected chi connectivity index (χ3v) is 3.60. The molecule has 72 valence electrons. The summed E-state index contributed by atoms with van der Waals surface area (Å²) in [6.45, 7) is 0. The molecule has 0 aliphatic rings. The topological polar surface area (TPSA) is 30.0 Å². The molecular formula is C10H9NOS2. The van der Waals surface area contributed by atoms with Gasteiger partial charge in [0, 0.05) is 18.2 Å². The number of carbonyl (C=O) groups excluding carboxylic acids is 1. The number of rotatable bonds is 4. The molecule has 0 aliphatic heterocycles. The van der Waals surface area contributed by atoms with Crippen LogP contribution in [0.5, 0.6) is 0 Å². The predicted octanol–water partition coefficient (Wildman–Crippen LogP) is 3.00. The summed E-state index contributed by atoms with van der Waals surface area (Å²) in [6, 6.07) is 4.08. The van der Waals surface area contributed by atoms with Crippen LogP contribution in [-0.4, -0.2) is 11.3 Å². The van der Waals surface area contributed by atoms with E-state index in [1.807, 2.05) is 16.8 Å². The molecule has 0 saturated carbocycles. The smallest absolute Gasteiger partial charge is 0.120 e. The van der Waals surface area contributed by atoms with Gasteiger partial charge in [-0.2, -0.15) is 0 Å². The van der Waals surface area contributed by atoms with E-state index in [9.17, 15) is 4.79 Å². The number of nitrogens with zero attached hydrogens (tertiary/aromatic N) is 1. The van der Waals surface area contributed by atoms with Crippen LogP contribution in [0.25, 0.3) is 10.6 Å². The summed E-state index contributed by atoms with van der Waals surface area (Å²) in [5.41, 5.74) is 1.03. The summed E-state index contributed by atoms with van der Waals surface area (Å²) in [6.07, 6.45) is 2.27. The van der Waals surface area contributed by atoms with Crippen LogP contribution in [0.3, 0.4) is 0 Å². The van der Waals surface area contributed by atoms with Crippen molar-refractivity contribution in [2.75, 3.05) is 0 Å². The van der Waals surface area contributed by atoms with Crippen LogP contribution in [0, 0.1) is 0 Å². The Morgan fingerprint density at radius 1 is 1.43 bits per heavy atom. The van der Waals surface area contributed by atoms with E-state index < -0.39 is 0 Å². The van der Waals surface area contributed by atoms with Crippen LogP contribution in [0.4, 0.5) is 0 Å². The minimum absolute atomic E-state index is 0.567. The molecule has 0 amide bonds. The lowest BCUT2D eigenvalue weighted by molar-refractivity contribution is -0.107. The molecule has 2 aromatic rings. The lowest BCUT2D eigenvalue weighted by atomic mass is 10.3. The number of thiophene rings is 1. The van der Waals surface area contributed by atoms with Gasteiger partial charge in [0.15, 0.2) is 0 Å². The van der Waals surface area contributed by atoms with E-state index in [2.05, 4.69) is 11.1 Å². The first-order valence-electron chi connectivity index (χ1n) is 4.32. The van der Waals surface area contributed by atoms with Crippen LogP contribution in [0.15, 0.2) is 22.9 Å². The van der Waals surface area contributed by atoms with Crippen LogP contribution >= 0.6 is 22.7 Å². The van der Waals surface area contributed by atoms with E-state index in [-0.39, 0.29) is 0 Å². The predicted molar refractivity (Wildman–Crippen MR) is 59.8 cm³/mol. The second-order valence-electron chi connectivity index (χ2n) is 2.81. The van der Waals surface area contributed by atoms with Crippen LogP contribution < -0.4 is 0 Å². The highest BCUT2D eigenvalue weighted by atomic mass is 32.1. The second kappa shape index (κ2) is 4.48. The fourth-order valence-corrected chi connectivity index (χ4v) is 2.72. The summed E-state index contributed by atoms with van der Waals surface area (Å²) in [5, 5.41) is 5.13. The van der Waals surface area contributed by atoms with Gasteiger partial charge in [-0.3, -0.25) is 0 Å². The van der Waals surface area contributed by atoms with Gasteiger partial charge in [0.1, 0.15) is 6.29 Å². The normalized spacial score (nSPS) is 10.3. The monoisotopic (exact) mass is 223 g/mol. The number of aromatic nitrogens is 1. The van der Waals surface area contributed by atoms with Gasteiger partial charge >= 0.3 is 0 Å². The summed E-state index contributed by atoms with van der Waals surface area (Å²) in [5.74, 6) is 0. The van der Waals surface area contributed by atoms with Crippen molar-refractivity contribution in [3.63, 3.8) is 0 Å². The van der Waals surface area contributed by atoms with Gasteiger partial charge in [0.25, 0.3) is 0 Å². The van der Waals surface area contributed by atoms with E-state index in [0.29, 0.717) is 6.42 Å². The highest BCUT2D eigenvalue weighted by Gasteiger charge is 2.04. The SMILES string of the molecule is O=CCCc1nc(-c2cccs2)cs1. The molecule has 0 fully saturated rings. The minimum Gasteiger partial charge on any atom is -0.303 e. The maximum Gasteiger partial charge on any atom is 0.120 e. The average molecular weight is 223 g/mol. The zero-order valence-electron chi connectivity index (χ0n) is 7.47. The van der Waals surface area contributed by atoms with Gasteiger partial charge in [-0.05, 0) is 11.4 Å². The molecule has 0 aliphatic carbocycles. The Bertz CT molecular complexity index is 405. The molecule has 0 spiro atoms. The summed E-state index contributed by atoms with van der Waals surface area (Å²) in [4.78, 5) is 15.8. The molecule has 2 nitrogen and oxygen atoms in total. The minimum atomic E-state index is 0.567. The Kier molecular flexibility index (Phi) is 3.06. The maximum absolute atomic E-state index is 10.2. The fraction of sp³-hybridized carbons (Fsp3) is 0.200. The second-order valence-corrected chi connectivity index (χ2v) is 4.70. The zero-order chi connectivity index (χ0) is 9.80. The number of carbonyl (C=O) groups is 1. The molecule has 2 rings (SSSR count). The number of hydrogen-bond donors (Lipinski definition) is 0. The third kappa shape index (κ3) is 2.08. The lowest BCUT2D eigenvalue weighted by Gasteiger charge is -1.88. The fourth-order valence-electron chi connectivity index (χ4n) is 1.15. The van der Waals surface area contributed by atoms with Gasteiger partial charge in [0.05, 0.1) is 15.6 Å². The maximum atomic E-state index is 10.2. The Morgan fingerprint density at radius 2 is 2.36 bits per heavy atom. The Hall–Kier alpha value is -1.00. The molecule has 0 unspecified atom stereocenters. The first-order chi connectivity index (χ1) is 6.90. The Labute approximate surface area is 90.2 Å². The van der Waals surface area contributed by atoms with Crippen molar-refractivity contribution in [2.24, 2.45) is 0 Å². The molecule has 4 heteroatoms. The van der Waals surface area contributed by atoms with E-state index in [0.717, 1.165) is 23.4 Å². The van der Waals surface area contributed by atoms with Gasteiger partial charge in [0.2, 0.25) is 0 Å². The van der Waals surface area contributed by atoms with Gasteiger partial charge in [-0.1, -0.05) is 6.07 Å². The van der Waals surface area contributed by atoms with Crippen molar-refractivity contribution in [3.8, 4) is 10.6 Å². The van der Waals surface area contributed by atoms with Crippen molar-refractivity contribution < 1.29 is 4.79 Å². The molecule has 0 saturated heterocycles. The van der Waals surface area contributed by atoms with E-state index in [4.69, 9.17) is 0 Å². The van der Waals surface area contributed by atoms with Gasteiger partial charge in [-0.15, -0.1) is 22.7 Å². The number of hydrogen-bond acceptors (Lipinski definition) is 4. The Morgan fingerprint density at radius 3 is 3.07 bits per heavy atom. The van der Waals surface area contributed by atoms with E-state index in [1.165, 1.54) is 4.88 Å². The van der Waals surface area contributed by atoms with Crippen LogP contribution in [0.2, 0.25) is 0 Å². The summed E-state index contributed by atoms with van der Waals surface area (Å²) in [7, 11) is 0. The van der Waals surface area contributed by atoms with Crippen molar-refractivity contribution in [3.05, 3.63) is 27.9 Å². The van der Waals surface area contributed by atoms with Crippen molar-refractivity contribution >= 4 is 29.0 Å². The molecule has 0 N–H and O–H groups in total. The zero-order valence-corrected chi connectivity index (χ0v) is 9.11.